The molecule has 0 amide bonds. The van der Waals surface area contributed by atoms with Crippen molar-refractivity contribution in [1.29, 1.82) is 0 Å². The molecule has 1 saturated carbocycles. The molecular formula is C26H24FIN4O5S. The highest BCUT2D eigenvalue weighted by molar-refractivity contribution is 14.1. The molecule has 0 bridgehead atoms. The molecule has 2 heterocycles. The summed E-state index contributed by atoms with van der Waals surface area (Å²) in [5, 5.41) is 2.56. The lowest BCUT2D eigenvalue weighted by Gasteiger charge is -2.20. The zero-order valence-electron chi connectivity index (χ0n) is 20.8. The third-order valence-corrected chi connectivity index (χ3v) is 9.66. The number of sulfone groups is 1. The van der Waals surface area contributed by atoms with Crippen LogP contribution in [0.3, 0.4) is 0 Å². The summed E-state index contributed by atoms with van der Waals surface area (Å²) in [6.45, 7) is 1.51. The second kappa shape index (κ2) is 9.49. The Hall–Kier alpha value is -3.26. The summed E-state index contributed by atoms with van der Waals surface area (Å²) in [7, 11) is -0.542. The molecule has 0 aliphatic heterocycles. The molecule has 1 aliphatic carbocycles. The number of anilines is 2. The number of fused-ring (bicyclic) bond motifs is 1. The van der Waals surface area contributed by atoms with Crippen molar-refractivity contribution in [3.8, 4) is 5.69 Å². The molecule has 0 spiro atoms. The largest absolute Gasteiger partial charge is 0.338 e. The Morgan fingerprint density at radius 3 is 2.39 bits per heavy atom. The van der Waals surface area contributed by atoms with Gasteiger partial charge in [0.05, 0.1) is 27.9 Å². The van der Waals surface area contributed by atoms with E-state index in [1.807, 2.05) is 22.6 Å². The van der Waals surface area contributed by atoms with Gasteiger partial charge in [-0.3, -0.25) is 23.3 Å². The van der Waals surface area contributed by atoms with Crippen molar-refractivity contribution in [3.05, 3.63) is 94.2 Å². The predicted molar refractivity (Wildman–Crippen MR) is 153 cm³/mol. The van der Waals surface area contributed by atoms with Crippen LogP contribution in [0, 0.1) is 16.3 Å². The third kappa shape index (κ3) is 4.49. The number of hydrogen-bond donors (Lipinski definition) is 1. The normalized spacial score (nSPS) is 13.7. The summed E-state index contributed by atoms with van der Waals surface area (Å²) in [5.41, 5.74) is -0.796. The van der Waals surface area contributed by atoms with Crippen LogP contribution in [0.1, 0.15) is 24.0 Å². The van der Waals surface area contributed by atoms with Crippen LogP contribution >= 0.6 is 22.6 Å². The number of aromatic nitrogens is 3. The second-order valence-electron chi connectivity index (χ2n) is 9.47. The SMILES string of the molecule is Cc1c(=O)n(C)c(Nc2ccc(I)cc2F)c2c(=O)n(C)c(=O)n(-c3cccc(CS(=O)(=O)C4CC4)c3)c12. The quantitative estimate of drug-likeness (QED) is 0.321. The van der Waals surface area contributed by atoms with Crippen molar-refractivity contribution in [2.45, 2.75) is 30.8 Å². The fourth-order valence-corrected chi connectivity index (χ4v) is 6.76. The van der Waals surface area contributed by atoms with Crippen molar-refractivity contribution in [2.24, 2.45) is 14.1 Å². The van der Waals surface area contributed by atoms with Crippen LogP contribution in [0.25, 0.3) is 16.6 Å². The molecule has 4 aromatic rings. The number of halogens is 2. The van der Waals surface area contributed by atoms with E-state index in [2.05, 4.69) is 5.32 Å². The van der Waals surface area contributed by atoms with Gasteiger partial charge in [-0.05, 0) is 78.3 Å². The van der Waals surface area contributed by atoms with Gasteiger partial charge in [0.25, 0.3) is 11.1 Å². The highest BCUT2D eigenvalue weighted by Crippen LogP contribution is 2.31. The number of pyridine rings is 1. The smallest absolute Gasteiger partial charge is 0.335 e. The molecule has 0 unspecified atom stereocenters. The fourth-order valence-electron chi connectivity index (χ4n) is 4.57. The first-order valence-corrected chi connectivity index (χ1v) is 14.6. The average Bonchev–Trinajstić information content (AvgIpc) is 3.72. The van der Waals surface area contributed by atoms with E-state index in [9.17, 15) is 27.2 Å². The molecule has 5 rings (SSSR count). The molecule has 0 saturated heterocycles. The van der Waals surface area contributed by atoms with E-state index in [-0.39, 0.29) is 39.0 Å². The summed E-state index contributed by atoms with van der Waals surface area (Å²) in [6.07, 6.45) is 1.29. The van der Waals surface area contributed by atoms with E-state index in [0.717, 1.165) is 4.57 Å². The standard InChI is InChI=1S/C26H24FIN4O5S/c1-14-22-21(23(30(2)24(14)33)29-20-10-7-16(28)12-19(20)27)25(34)31(3)26(35)32(22)17-6-4-5-15(11-17)13-38(36,37)18-8-9-18/h4-7,10-12,18,29H,8-9,13H2,1-3H3. The Morgan fingerprint density at radius 1 is 1.03 bits per heavy atom. The van der Waals surface area contributed by atoms with E-state index < -0.39 is 32.5 Å². The lowest BCUT2D eigenvalue weighted by Crippen LogP contribution is -2.40. The maximum atomic E-state index is 14.7. The van der Waals surface area contributed by atoms with E-state index in [0.29, 0.717) is 27.7 Å². The first-order valence-electron chi connectivity index (χ1n) is 11.8. The van der Waals surface area contributed by atoms with Gasteiger partial charge in [0.15, 0.2) is 9.84 Å². The van der Waals surface area contributed by atoms with Gasteiger partial charge in [0.1, 0.15) is 17.0 Å². The van der Waals surface area contributed by atoms with Gasteiger partial charge < -0.3 is 5.32 Å². The molecule has 2 aromatic heterocycles. The lowest BCUT2D eigenvalue weighted by atomic mass is 10.1. The summed E-state index contributed by atoms with van der Waals surface area (Å²) in [6, 6.07) is 11.0. The van der Waals surface area contributed by atoms with Crippen LogP contribution in [-0.2, 0) is 29.7 Å². The maximum absolute atomic E-state index is 14.7. The van der Waals surface area contributed by atoms with Crippen LogP contribution in [0.5, 0.6) is 0 Å². The van der Waals surface area contributed by atoms with Crippen LogP contribution < -0.4 is 22.1 Å². The van der Waals surface area contributed by atoms with Crippen LogP contribution in [-0.4, -0.2) is 27.4 Å². The number of rotatable bonds is 6. The summed E-state index contributed by atoms with van der Waals surface area (Å²) in [5.74, 6) is -0.728. The average molecular weight is 650 g/mol. The maximum Gasteiger partial charge on any atom is 0.335 e. The first kappa shape index (κ1) is 26.4. The van der Waals surface area contributed by atoms with Crippen LogP contribution in [0.4, 0.5) is 15.9 Å². The minimum Gasteiger partial charge on any atom is -0.338 e. The van der Waals surface area contributed by atoms with Crippen molar-refractivity contribution >= 4 is 54.8 Å². The highest BCUT2D eigenvalue weighted by Gasteiger charge is 2.35. The molecule has 1 N–H and O–H groups in total. The van der Waals surface area contributed by atoms with Crippen molar-refractivity contribution < 1.29 is 12.8 Å². The van der Waals surface area contributed by atoms with Crippen LogP contribution in [0.15, 0.2) is 56.8 Å². The van der Waals surface area contributed by atoms with Crippen molar-refractivity contribution in [1.82, 2.24) is 13.7 Å². The van der Waals surface area contributed by atoms with Gasteiger partial charge in [-0.1, -0.05) is 12.1 Å². The number of hydrogen-bond acceptors (Lipinski definition) is 6. The number of nitrogens with zero attached hydrogens (tertiary/aromatic N) is 3. The Bertz CT molecular complexity index is 1920. The minimum absolute atomic E-state index is 0.0145. The van der Waals surface area contributed by atoms with Crippen molar-refractivity contribution in [2.75, 3.05) is 5.32 Å². The second-order valence-corrected chi connectivity index (χ2v) is 13.0. The minimum atomic E-state index is -3.32. The van der Waals surface area contributed by atoms with E-state index in [1.165, 1.54) is 42.3 Å². The van der Waals surface area contributed by atoms with Gasteiger partial charge in [-0.25, -0.2) is 17.6 Å². The van der Waals surface area contributed by atoms with Gasteiger partial charge in [-0.2, -0.15) is 0 Å². The van der Waals surface area contributed by atoms with Gasteiger partial charge in [0, 0.05) is 23.2 Å². The summed E-state index contributed by atoms with van der Waals surface area (Å²) >= 11 is 1.97. The van der Waals surface area contributed by atoms with Gasteiger partial charge in [0.2, 0.25) is 0 Å². The zero-order chi connectivity index (χ0) is 27.5. The molecule has 1 aliphatic rings. The summed E-state index contributed by atoms with van der Waals surface area (Å²) in [4.78, 5) is 40.2. The lowest BCUT2D eigenvalue weighted by molar-refractivity contribution is 0.594. The molecular weight excluding hydrogens is 626 g/mol. The zero-order valence-corrected chi connectivity index (χ0v) is 23.8. The van der Waals surface area contributed by atoms with E-state index >= 15 is 0 Å². The predicted octanol–water partition coefficient (Wildman–Crippen LogP) is 3.26. The van der Waals surface area contributed by atoms with Gasteiger partial charge in [-0.15, -0.1) is 0 Å². The Labute approximate surface area is 230 Å². The van der Waals surface area contributed by atoms with E-state index in [4.69, 9.17) is 0 Å². The fraction of sp³-hybridized carbons (Fsp3) is 0.269. The molecule has 1 fully saturated rings. The van der Waals surface area contributed by atoms with Gasteiger partial charge >= 0.3 is 5.69 Å². The molecule has 9 nitrogen and oxygen atoms in total. The molecule has 38 heavy (non-hydrogen) atoms. The molecule has 0 radical (unpaired) electrons. The number of benzene rings is 2. The highest BCUT2D eigenvalue weighted by atomic mass is 127. The molecule has 0 atom stereocenters. The Balaban J connectivity index is 1.80. The van der Waals surface area contributed by atoms with E-state index in [1.54, 1.807) is 30.3 Å². The first-order chi connectivity index (χ1) is 17.9. The molecule has 12 heteroatoms. The number of nitrogens with one attached hydrogen (secondary N) is 1. The number of aryl methyl sites for hydroxylation is 1. The van der Waals surface area contributed by atoms with Crippen molar-refractivity contribution in [3.63, 3.8) is 0 Å². The summed E-state index contributed by atoms with van der Waals surface area (Å²) < 4.78 is 43.9. The van der Waals surface area contributed by atoms with Crippen LogP contribution in [0.2, 0.25) is 0 Å². The molecule has 198 valence electrons. The monoisotopic (exact) mass is 650 g/mol. The molecule has 2 aromatic carbocycles. The Kier molecular flexibility index (Phi) is 6.58. The third-order valence-electron chi connectivity index (χ3n) is 6.76. The topological polar surface area (TPSA) is 112 Å². The Morgan fingerprint density at radius 2 is 1.74 bits per heavy atom.